The number of hydrogen-bond acceptors (Lipinski definition) is 2. The van der Waals surface area contributed by atoms with Crippen LogP contribution in [0.3, 0.4) is 0 Å². The summed E-state index contributed by atoms with van der Waals surface area (Å²) < 4.78 is 7.42. The van der Waals surface area contributed by atoms with Gasteiger partial charge in [-0.15, -0.1) is 11.3 Å². The van der Waals surface area contributed by atoms with Gasteiger partial charge in [-0.2, -0.15) is 0 Å². The van der Waals surface area contributed by atoms with Crippen LogP contribution in [0.25, 0.3) is 97.7 Å². The number of nitrogens with zero attached hydrogens (tertiary/aromatic N) is 3. The highest BCUT2D eigenvalue weighted by Crippen LogP contribution is 2.44. The minimum absolute atomic E-state index is 0.947. The summed E-state index contributed by atoms with van der Waals surface area (Å²) in [4.78, 5) is 5.56. The van der Waals surface area contributed by atoms with Crippen molar-refractivity contribution in [1.82, 2.24) is 14.1 Å². The van der Waals surface area contributed by atoms with Crippen molar-refractivity contribution in [2.45, 2.75) is 6.92 Å². The molecule has 0 radical (unpaired) electrons. The van der Waals surface area contributed by atoms with E-state index in [-0.39, 0.29) is 0 Å². The van der Waals surface area contributed by atoms with Crippen molar-refractivity contribution in [3.8, 4) is 33.9 Å². The first-order chi connectivity index (χ1) is 25.7. The molecule has 0 aliphatic carbocycles. The molecule has 0 spiro atoms. The third kappa shape index (κ3) is 4.22. The van der Waals surface area contributed by atoms with Crippen molar-refractivity contribution >= 4 is 75.1 Å². The third-order valence-electron chi connectivity index (χ3n) is 10.7. The van der Waals surface area contributed by atoms with Gasteiger partial charge in [-0.05, 0) is 61.0 Å². The second-order valence-electron chi connectivity index (χ2n) is 13.6. The number of fused-ring (bicyclic) bond motifs is 9. The molecule has 11 aromatic rings. The average Bonchev–Trinajstić information content (AvgIpc) is 3.85. The minimum atomic E-state index is 0.947. The van der Waals surface area contributed by atoms with Crippen molar-refractivity contribution in [1.29, 1.82) is 0 Å². The topological polar surface area (TPSA) is 22.8 Å². The highest BCUT2D eigenvalue weighted by atomic mass is 32.1. The molecule has 3 nitrogen and oxygen atoms in total. The van der Waals surface area contributed by atoms with Gasteiger partial charge in [-0.25, -0.2) is 4.98 Å². The second kappa shape index (κ2) is 11.3. The van der Waals surface area contributed by atoms with Gasteiger partial charge in [0.15, 0.2) is 0 Å². The standard InChI is InChI=1S/C48H31N3S/c1-30-38(37-23-14-22-36-35-21-10-13-26-46(35)52-47(36)37)28-41(31-15-4-2-5-16-31)49-48(30)51-43-25-12-9-20-34(43)40-27-39-33-19-8-11-24-42(33)50(44(39)29-45(40)51)32-17-6-3-7-18-32/h2-29H,1H3. The van der Waals surface area contributed by atoms with E-state index in [0.717, 1.165) is 39.4 Å². The summed E-state index contributed by atoms with van der Waals surface area (Å²) in [5.41, 5.74) is 11.5. The zero-order valence-electron chi connectivity index (χ0n) is 28.4. The van der Waals surface area contributed by atoms with E-state index in [9.17, 15) is 0 Å². The van der Waals surface area contributed by atoms with E-state index < -0.39 is 0 Å². The maximum Gasteiger partial charge on any atom is 0.141 e. The molecule has 0 N–H and O–H groups in total. The second-order valence-corrected chi connectivity index (χ2v) is 14.6. The molecule has 0 aliphatic heterocycles. The largest absolute Gasteiger partial charge is 0.309 e. The van der Waals surface area contributed by atoms with Crippen LogP contribution in [0.15, 0.2) is 170 Å². The lowest BCUT2D eigenvalue weighted by atomic mass is 9.97. The van der Waals surface area contributed by atoms with E-state index in [4.69, 9.17) is 4.98 Å². The molecule has 0 unspecified atom stereocenters. The predicted octanol–water partition coefficient (Wildman–Crippen LogP) is 13.3. The number of thiophene rings is 1. The lowest BCUT2D eigenvalue weighted by Gasteiger charge is -2.17. The Morgan fingerprint density at radius 1 is 0.442 bits per heavy atom. The molecule has 4 aromatic heterocycles. The van der Waals surface area contributed by atoms with Crippen molar-refractivity contribution in [2.75, 3.05) is 0 Å². The van der Waals surface area contributed by atoms with Gasteiger partial charge in [0.05, 0.1) is 27.8 Å². The molecule has 11 rings (SSSR count). The van der Waals surface area contributed by atoms with Crippen LogP contribution in [0.1, 0.15) is 5.56 Å². The van der Waals surface area contributed by atoms with E-state index in [1.165, 1.54) is 63.9 Å². The smallest absolute Gasteiger partial charge is 0.141 e. The van der Waals surface area contributed by atoms with Crippen LogP contribution in [-0.2, 0) is 0 Å². The molecular weight excluding hydrogens is 651 g/mol. The number of pyridine rings is 1. The molecule has 7 aromatic carbocycles. The quantitative estimate of drug-likeness (QED) is 0.181. The molecule has 0 saturated heterocycles. The van der Waals surface area contributed by atoms with Gasteiger partial charge >= 0.3 is 0 Å². The molecule has 0 fully saturated rings. The number of benzene rings is 7. The summed E-state index contributed by atoms with van der Waals surface area (Å²) in [6.45, 7) is 2.25. The summed E-state index contributed by atoms with van der Waals surface area (Å²) in [5, 5.41) is 7.53. The molecule has 0 saturated carbocycles. The molecule has 244 valence electrons. The molecule has 52 heavy (non-hydrogen) atoms. The van der Waals surface area contributed by atoms with Gasteiger partial charge < -0.3 is 4.57 Å². The van der Waals surface area contributed by atoms with E-state index in [2.05, 4.69) is 186 Å². The Hall–Kier alpha value is -6.49. The van der Waals surface area contributed by atoms with Gasteiger partial charge in [-0.3, -0.25) is 4.57 Å². The fourth-order valence-electron chi connectivity index (χ4n) is 8.32. The lowest BCUT2D eigenvalue weighted by molar-refractivity contribution is 1.06. The van der Waals surface area contributed by atoms with Crippen LogP contribution in [0.2, 0.25) is 0 Å². The summed E-state index contributed by atoms with van der Waals surface area (Å²) in [6, 6.07) is 61.5. The summed E-state index contributed by atoms with van der Waals surface area (Å²) >= 11 is 1.87. The molecule has 4 heterocycles. The molecule has 4 heteroatoms. The van der Waals surface area contributed by atoms with Crippen LogP contribution < -0.4 is 0 Å². The maximum absolute atomic E-state index is 5.56. The Labute approximate surface area is 304 Å². The Morgan fingerprint density at radius 2 is 1.04 bits per heavy atom. The van der Waals surface area contributed by atoms with Gasteiger partial charge in [0, 0.05) is 64.1 Å². The SMILES string of the molecule is Cc1c(-c2cccc3c2sc2ccccc23)cc(-c2ccccc2)nc1-n1c2ccccc2c2cc3c4ccccc4n(-c4ccccc4)c3cc21. The van der Waals surface area contributed by atoms with Crippen molar-refractivity contribution in [3.05, 3.63) is 175 Å². The van der Waals surface area contributed by atoms with Crippen molar-refractivity contribution < 1.29 is 0 Å². The highest BCUT2D eigenvalue weighted by molar-refractivity contribution is 7.26. The molecule has 0 bridgehead atoms. The zero-order chi connectivity index (χ0) is 34.3. The van der Waals surface area contributed by atoms with Crippen LogP contribution in [0, 0.1) is 6.92 Å². The van der Waals surface area contributed by atoms with E-state index in [1.54, 1.807) is 0 Å². The summed E-state index contributed by atoms with van der Waals surface area (Å²) in [5.74, 6) is 0.947. The number of rotatable bonds is 4. The number of para-hydroxylation sites is 3. The average molecular weight is 682 g/mol. The van der Waals surface area contributed by atoms with Gasteiger partial charge in [-0.1, -0.05) is 121 Å². The van der Waals surface area contributed by atoms with Crippen LogP contribution in [-0.4, -0.2) is 14.1 Å². The Kier molecular flexibility index (Phi) is 6.34. The Morgan fingerprint density at radius 3 is 1.79 bits per heavy atom. The first kappa shape index (κ1) is 29.3. The molecule has 0 atom stereocenters. The van der Waals surface area contributed by atoms with E-state index >= 15 is 0 Å². The van der Waals surface area contributed by atoms with E-state index in [0.29, 0.717) is 0 Å². The Bertz CT molecular complexity index is 3180. The van der Waals surface area contributed by atoms with Gasteiger partial charge in [0.1, 0.15) is 5.82 Å². The van der Waals surface area contributed by atoms with Gasteiger partial charge in [0.2, 0.25) is 0 Å². The lowest BCUT2D eigenvalue weighted by Crippen LogP contribution is -2.04. The first-order valence-corrected chi connectivity index (χ1v) is 18.5. The fraction of sp³-hybridized carbons (Fsp3) is 0.0208. The zero-order valence-corrected chi connectivity index (χ0v) is 29.2. The predicted molar refractivity (Wildman–Crippen MR) is 221 cm³/mol. The molecule has 0 aliphatic rings. The van der Waals surface area contributed by atoms with Crippen molar-refractivity contribution in [3.63, 3.8) is 0 Å². The number of aromatic nitrogens is 3. The monoisotopic (exact) mass is 681 g/mol. The first-order valence-electron chi connectivity index (χ1n) is 17.7. The van der Waals surface area contributed by atoms with Crippen molar-refractivity contribution in [2.24, 2.45) is 0 Å². The fourth-order valence-corrected chi connectivity index (χ4v) is 9.55. The molecular formula is C48H31N3S. The van der Waals surface area contributed by atoms with Gasteiger partial charge in [0.25, 0.3) is 0 Å². The summed E-state index contributed by atoms with van der Waals surface area (Å²) in [6.07, 6.45) is 0. The van der Waals surface area contributed by atoms with Crippen LogP contribution in [0.5, 0.6) is 0 Å². The van der Waals surface area contributed by atoms with Crippen LogP contribution >= 0.6 is 11.3 Å². The molecule has 0 amide bonds. The highest BCUT2D eigenvalue weighted by Gasteiger charge is 2.22. The Balaban J connectivity index is 1.27. The minimum Gasteiger partial charge on any atom is -0.309 e. The maximum atomic E-state index is 5.56. The normalized spacial score (nSPS) is 11.9. The number of hydrogen-bond donors (Lipinski definition) is 0. The summed E-state index contributed by atoms with van der Waals surface area (Å²) in [7, 11) is 0. The van der Waals surface area contributed by atoms with E-state index in [1.807, 2.05) is 11.3 Å². The van der Waals surface area contributed by atoms with Crippen LogP contribution in [0.4, 0.5) is 0 Å². The third-order valence-corrected chi connectivity index (χ3v) is 11.9.